The lowest BCUT2D eigenvalue weighted by Gasteiger charge is -2.08. The maximum atomic E-state index is 12.3. The van der Waals surface area contributed by atoms with Crippen LogP contribution in [0.15, 0.2) is 30.5 Å². The predicted octanol–water partition coefficient (Wildman–Crippen LogP) is 1.83. The highest BCUT2D eigenvalue weighted by molar-refractivity contribution is 6.04. The second kappa shape index (κ2) is 6.69. The van der Waals surface area contributed by atoms with Crippen molar-refractivity contribution in [2.45, 2.75) is 19.9 Å². The maximum Gasteiger partial charge on any atom is 0.305 e. The fourth-order valence-corrected chi connectivity index (χ4v) is 1.99. The van der Waals surface area contributed by atoms with Crippen molar-refractivity contribution in [3.8, 4) is 0 Å². The fraction of sp³-hybridized carbons (Fsp3) is 0.214. The Morgan fingerprint density at radius 2 is 2.13 bits per heavy atom. The van der Waals surface area contributed by atoms with Crippen LogP contribution in [0.2, 0.25) is 0 Å². The fourth-order valence-electron chi connectivity index (χ4n) is 1.99. The second-order valence-corrected chi connectivity index (χ2v) is 4.82. The SMILES string of the molecule is Cc1ccc(NC(=O)c2ccnn2CCC(=O)O)c([N+](=O)[O-])c1. The molecular weight excluding hydrogens is 304 g/mol. The second-order valence-electron chi connectivity index (χ2n) is 4.82. The predicted molar refractivity (Wildman–Crippen MR) is 80.3 cm³/mol. The van der Waals surface area contributed by atoms with Gasteiger partial charge in [0, 0.05) is 12.3 Å². The molecule has 0 aliphatic carbocycles. The number of rotatable bonds is 6. The summed E-state index contributed by atoms with van der Waals surface area (Å²) in [5.41, 5.74) is 0.675. The smallest absolute Gasteiger partial charge is 0.305 e. The van der Waals surface area contributed by atoms with Gasteiger partial charge in [0.2, 0.25) is 0 Å². The molecule has 0 bridgehead atoms. The summed E-state index contributed by atoms with van der Waals surface area (Å²) in [6, 6.07) is 5.86. The molecule has 0 unspecified atom stereocenters. The average molecular weight is 318 g/mol. The van der Waals surface area contributed by atoms with Gasteiger partial charge in [0.1, 0.15) is 11.4 Å². The molecule has 0 radical (unpaired) electrons. The van der Waals surface area contributed by atoms with Gasteiger partial charge in [-0.05, 0) is 24.6 Å². The molecular formula is C14H14N4O5. The Morgan fingerprint density at radius 3 is 2.78 bits per heavy atom. The molecule has 1 aromatic carbocycles. The molecule has 9 heteroatoms. The van der Waals surface area contributed by atoms with E-state index in [1.165, 1.54) is 29.1 Å². The van der Waals surface area contributed by atoms with Gasteiger partial charge in [-0.2, -0.15) is 5.10 Å². The number of nitrogens with zero attached hydrogens (tertiary/aromatic N) is 3. The molecule has 1 aromatic heterocycles. The van der Waals surface area contributed by atoms with Gasteiger partial charge < -0.3 is 10.4 Å². The normalized spacial score (nSPS) is 10.3. The first kappa shape index (κ1) is 16.1. The number of aryl methyl sites for hydroxylation is 2. The lowest BCUT2D eigenvalue weighted by molar-refractivity contribution is -0.384. The number of carboxylic acids is 1. The molecule has 0 aliphatic heterocycles. The first-order valence-electron chi connectivity index (χ1n) is 6.68. The monoisotopic (exact) mass is 318 g/mol. The third kappa shape index (κ3) is 3.90. The van der Waals surface area contributed by atoms with E-state index in [2.05, 4.69) is 10.4 Å². The molecule has 0 spiro atoms. The van der Waals surface area contributed by atoms with Crippen LogP contribution >= 0.6 is 0 Å². The van der Waals surface area contributed by atoms with Crippen molar-refractivity contribution in [3.63, 3.8) is 0 Å². The molecule has 120 valence electrons. The van der Waals surface area contributed by atoms with Crippen LogP contribution in [0.5, 0.6) is 0 Å². The molecule has 0 aliphatic rings. The van der Waals surface area contributed by atoms with E-state index < -0.39 is 16.8 Å². The van der Waals surface area contributed by atoms with Crippen LogP contribution in [0.4, 0.5) is 11.4 Å². The van der Waals surface area contributed by atoms with Crippen molar-refractivity contribution in [1.29, 1.82) is 0 Å². The number of carbonyl (C=O) groups excluding carboxylic acids is 1. The van der Waals surface area contributed by atoms with Gasteiger partial charge in [-0.1, -0.05) is 6.07 Å². The Kier molecular flexibility index (Phi) is 4.69. The zero-order valence-corrected chi connectivity index (χ0v) is 12.2. The Balaban J connectivity index is 2.22. The molecule has 1 heterocycles. The molecule has 0 saturated carbocycles. The van der Waals surface area contributed by atoms with Gasteiger partial charge in [-0.3, -0.25) is 24.4 Å². The third-order valence-electron chi connectivity index (χ3n) is 3.08. The number of carbonyl (C=O) groups is 2. The van der Waals surface area contributed by atoms with Crippen molar-refractivity contribution >= 4 is 23.3 Å². The number of hydrogen-bond acceptors (Lipinski definition) is 5. The number of aromatic nitrogens is 2. The topological polar surface area (TPSA) is 127 Å². The summed E-state index contributed by atoms with van der Waals surface area (Å²) in [5, 5.41) is 26.1. The molecule has 0 saturated heterocycles. The summed E-state index contributed by atoms with van der Waals surface area (Å²) in [7, 11) is 0. The van der Waals surface area contributed by atoms with E-state index >= 15 is 0 Å². The highest BCUT2D eigenvalue weighted by Crippen LogP contribution is 2.25. The van der Waals surface area contributed by atoms with Crippen molar-refractivity contribution < 1.29 is 19.6 Å². The summed E-state index contributed by atoms with van der Waals surface area (Å²) in [6.45, 7) is 1.74. The molecule has 0 atom stereocenters. The molecule has 0 fully saturated rings. The number of aliphatic carboxylic acids is 1. The van der Waals surface area contributed by atoms with Crippen LogP contribution in [0.3, 0.4) is 0 Å². The largest absolute Gasteiger partial charge is 0.481 e. The number of nitro benzene ring substituents is 1. The minimum Gasteiger partial charge on any atom is -0.481 e. The van der Waals surface area contributed by atoms with Crippen LogP contribution < -0.4 is 5.32 Å². The standard InChI is InChI=1S/C14H14N4O5/c1-9-2-3-10(12(8-9)18(22)23)16-14(21)11-4-6-15-17(11)7-5-13(19)20/h2-4,6,8H,5,7H2,1H3,(H,16,21)(H,19,20). The molecule has 9 nitrogen and oxygen atoms in total. The van der Waals surface area contributed by atoms with Crippen molar-refractivity contribution in [3.05, 3.63) is 51.8 Å². The van der Waals surface area contributed by atoms with Crippen LogP contribution in [0.1, 0.15) is 22.5 Å². The summed E-state index contributed by atoms with van der Waals surface area (Å²) >= 11 is 0. The van der Waals surface area contributed by atoms with Gasteiger partial charge in [0.25, 0.3) is 11.6 Å². The number of nitro groups is 1. The van der Waals surface area contributed by atoms with E-state index in [-0.39, 0.29) is 30.0 Å². The lowest BCUT2D eigenvalue weighted by atomic mass is 10.2. The van der Waals surface area contributed by atoms with Crippen LogP contribution in [0.25, 0.3) is 0 Å². The quantitative estimate of drug-likeness (QED) is 0.617. The maximum absolute atomic E-state index is 12.3. The van der Waals surface area contributed by atoms with E-state index in [0.29, 0.717) is 5.56 Å². The summed E-state index contributed by atoms with van der Waals surface area (Å²) < 4.78 is 1.24. The minimum atomic E-state index is -1.01. The Bertz CT molecular complexity index is 768. The van der Waals surface area contributed by atoms with Gasteiger partial charge in [-0.25, -0.2) is 0 Å². The van der Waals surface area contributed by atoms with Crippen LogP contribution in [0, 0.1) is 17.0 Å². The van der Waals surface area contributed by atoms with E-state index in [4.69, 9.17) is 5.11 Å². The first-order chi connectivity index (χ1) is 10.9. The average Bonchev–Trinajstić information content (AvgIpc) is 2.95. The zero-order valence-electron chi connectivity index (χ0n) is 12.2. The van der Waals surface area contributed by atoms with Crippen molar-refractivity contribution in [2.75, 3.05) is 5.32 Å². The third-order valence-corrected chi connectivity index (χ3v) is 3.08. The molecule has 2 rings (SSSR count). The van der Waals surface area contributed by atoms with Gasteiger partial charge in [0.05, 0.1) is 17.9 Å². The van der Waals surface area contributed by atoms with E-state index in [9.17, 15) is 19.7 Å². The van der Waals surface area contributed by atoms with Crippen molar-refractivity contribution in [2.24, 2.45) is 0 Å². The molecule has 23 heavy (non-hydrogen) atoms. The Hall–Kier alpha value is -3.23. The van der Waals surface area contributed by atoms with E-state index in [1.807, 2.05) is 0 Å². The van der Waals surface area contributed by atoms with Crippen molar-refractivity contribution in [1.82, 2.24) is 9.78 Å². The van der Waals surface area contributed by atoms with Crippen LogP contribution in [-0.4, -0.2) is 31.7 Å². The van der Waals surface area contributed by atoms with Gasteiger partial charge in [0.15, 0.2) is 0 Å². The molecule has 2 N–H and O–H groups in total. The van der Waals surface area contributed by atoms with Gasteiger partial charge >= 0.3 is 5.97 Å². The number of amides is 1. The summed E-state index contributed by atoms with van der Waals surface area (Å²) in [4.78, 5) is 33.3. The Morgan fingerprint density at radius 1 is 1.39 bits per heavy atom. The number of hydrogen-bond donors (Lipinski definition) is 2. The van der Waals surface area contributed by atoms with E-state index in [0.717, 1.165) is 0 Å². The minimum absolute atomic E-state index is 0.0288. The number of benzene rings is 1. The Labute approximate surface area is 130 Å². The van der Waals surface area contributed by atoms with E-state index in [1.54, 1.807) is 13.0 Å². The molecule has 2 aromatic rings. The van der Waals surface area contributed by atoms with Crippen LogP contribution in [-0.2, 0) is 11.3 Å². The summed E-state index contributed by atoms with van der Waals surface area (Å²) in [5.74, 6) is -1.61. The number of nitrogens with one attached hydrogen (secondary N) is 1. The summed E-state index contributed by atoms with van der Waals surface area (Å²) in [6.07, 6.45) is 1.17. The highest BCUT2D eigenvalue weighted by Gasteiger charge is 2.19. The molecule has 1 amide bonds. The van der Waals surface area contributed by atoms with Gasteiger partial charge in [-0.15, -0.1) is 0 Å². The number of carboxylic acid groups (broad SMARTS) is 1. The highest BCUT2D eigenvalue weighted by atomic mass is 16.6. The zero-order chi connectivity index (χ0) is 17.0. The first-order valence-corrected chi connectivity index (χ1v) is 6.68. The lowest BCUT2D eigenvalue weighted by Crippen LogP contribution is -2.19. The number of anilines is 1.